The molecule has 0 saturated heterocycles. The minimum Gasteiger partial charge on any atom is -1.00 e. The fourth-order valence-corrected chi connectivity index (χ4v) is 0. The van der Waals surface area contributed by atoms with Crippen molar-refractivity contribution in [3.05, 3.63) is 0 Å². The maximum Gasteiger partial charge on any atom is 2.00 e. The van der Waals surface area contributed by atoms with Crippen LogP contribution in [0.4, 0.5) is 0 Å². The van der Waals surface area contributed by atoms with Gasteiger partial charge in [-0.3, -0.25) is 0 Å². The van der Waals surface area contributed by atoms with Gasteiger partial charge in [0.25, 0.3) is 0 Å². The third-order valence-electron chi connectivity index (χ3n) is 0. The first-order valence-electron chi connectivity index (χ1n) is 0. The molecule has 2 N–H and O–H groups in total. The molecule has 0 saturated carbocycles. The van der Waals surface area contributed by atoms with Crippen molar-refractivity contribution in [2.45, 2.75) is 0 Å². The van der Waals surface area contributed by atoms with E-state index in [1.807, 2.05) is 0 Å². The number of hydrogen-bond donors (Lipinski definition) is 0. The molecule has 5 heteroatoms. The van der Waals surface area contributed by atoms with Crippen molar-refractivity contribution in [2.75, 3.05) is 0 Å². The predicted molar refractivity (Wildman–Crippen MR) is 21.8 cm³/mol. The number of rotatable bonds is 0. The predicted octanol–water partition coefficient (Wildman–Crippen LogP) is -6.90. The monoisotopic (exact) mass is 264 g/mol. The molecule has 0 aliphatic heterocycles. The second-order valence-corrected chi connectivity index (χ2v) is 0. The van der Waals surface area contributed by atoms with E-state index in [9.17, 15) is 0 Å². The zero-order chi connectivity index (χ0) is 0. The molecule has 0 radical (unpaired) electrons. The van der Waals surface area contributed by atoms with E-state index in [1.165, 1.54) is 0 Å². The molecule has 0 rings (SSSR count). The molecular formula is H8BaCaKNaO. The minimum absolute atomic E-state index is 0. The fraction of sp³-hybridized carbons (Fsp3) is 0. The minimum atomic E-state index is 0. The van der Waals surface area contributed by atoms with E-state index >= 15 is 0 Å². The van der Waals surface area contributed by atoms with Crippen molar-refractivity contribution in [1.29, 1.82) is 0 Å². The Bertz CT molecular complexity index is 22.5. The summed E-state index contributed by atoms with van der Waals surface area (Å²) in [7, 11) is 0. The summed E-state index contributed by atoms with van der Waals surface area (Å²) >= 11 is 0. The summed E-state index contributed by atoms with van der Waals surface area (Å²) in [6.45, 7) is 0. The van der Waals surface area contributed by atoms with E-state index in [4.69, 9.17) is 0 Å². The molecule has 0 atom stereocenters. The van der Waals surface area contributed by atoms with E-state index in [-0.39, 0.29) is 182 Å². The first-order chi connectivity index (χ1) is 0. The van der Waals surface area contributed by atoms with Gasteiger partial charge in [-0.15, -0.1) is 0 Å². The van der Waals surface area contributed by atoms with Crippen LogP contribution in [0.15, 0.2) is 0 Å². The smallest absolute Gasteiger partial charge is 1.00 e. The van der Waals surface area contributed by atoms with Crippen LogP contribution in [0.3, 0.4) is 0 Å². The van der Waals surface area contributed by atoms with Gasteiger partial charge in [0.1, 0.15) is 0 Å². The molecule has 0 aromatic rings. The van der Waals surface area contributed by atoms with Gasteiger partial charge in [-0.25, -0.2) is 0 Å². The first-order valence-corrected chi connectivity index (χ1v) is 0. The van der Waals surface area contributed by atoms with Gasteiger partial charge in [0, 0.05) is 0 Å². The van der Waals surface area contributed by atoms with Gasteiger partial charge in [-0.2, -0.15) is 0 Å². The molecule has 0 unspecified atom stereocenters. The summed E-state index contributed by atoms with van der Waals surface area (Å²) < 4.78 is 0. The molecule has 1 nitrogen and oxygen atoms in total. The second kappa shape index (κ2) is 22.7. The van der Waals surface area contributed by atoms with E-state index in [1.54, 1.807) is 0 Å². The van der Waals surface area contributed by atoms with E-state index in [0.29, 0.717) is 0 Å². The van der Waals surface area contributed by atoms with Crippen LogP contribution in [-0.4, -0.2) is 92.1 Å². The van der Waals surface area contributed by atoms with Gasteiger partial charge >= 0.3 is 168 Å². The standard InChI is InChI=1S/Ba.Ca.K.Na.H2O.6H/h;;;;1H2;;;;;;/q2*+2;2*+1;;6*-1. The summed E-state index contributed by atoms with van der Waals surface area (Å²) in [5.74, 6) is 0. The van der Waals surface area contributed by atoms with Gasteiger partial charge < -0.3 is 14.0 Å². The molecule has 20 valence electrons. The van der Waals surface area contributed by atoms with Crippen LogP contribution in [-0.2, 0) is 0 Å². The van der Waals surface area contributed by atoms with Crippen molar-refractivity contribution >= 4 is 86.6 Å². The van der Waals surface area contributed by atoms with Crippen LogP contribution in [0.25, 0.3) is 0 Å². The molecule has 0 aliphatic carbocycles. The molecule has 0 fully saturated rings. The topological polar surface area (TPSA) is 31.5 Å². The van der Waals surface area contributed by atoms with Crippen LogP contribution in [0.1, 0.15) is 8.56 Å². The maximum absolute atomic E-state index is 0. The normalized spacial score (nSPS) is 0. The van der Waals surface area contributed by atoms with E-state index < -0.39 is 0 Å². The largest absolute Gasteiger partial charge is 2.00 e. The Hall–Kier alpha value is 5.43. The van der Waals surface area contributed by atoms with Crippen LogP contribution in [0, 0.1) is 0 Å². The Morgan fingerprint density at radius 2 is 1.20 bits per heavy atom. The average Bonchev–Trinajstić information content (AvgIpc) is 0. The van der Waals surface area contributed by atoms with E-state index in [2.05, 4.69) is 0 Å². The van der Waals surface area contributed by atoms with Gasteiger partial charge in [-0.1, -0.05) is 0 Å². The third kappa shape index (κ3) is 17.7. The summed E-state index contributed by atoms with van der Waals surface area (Å²) in [5, 5.41) is 0. The van der Waals surface area contributed by atoms with Crippen LogP contribution < -0.4 is 80.9 Å². The number of hydrogen-bond acceptors (Lipinski definition) is 0. The molecule has 0 spiro atoms. The Morgan fingerprint density at radius 1 is 1.20 bits per heavy atom. The zero-order valence-corrected chi connectivity index (χ0v) is 15.7. The van der Waals surface area contributed by atoms with Crippen molar-refractivity contribution < 1.29 is 95.0 Å². The van der Waals surface area contributed by atoms with Crippen LogP contribution in [0.5, 0.6) is 0 Å². The van der Waals surface area contributed by atoms with Crippen LogP contribution in [0.2, 0.25) is 0 Å². The van der Waals surface area contributed by atoms with Crippen molar-refractivity contribution in [2.24, 2.45) is 0 Å². The van der Waals surface area contributed by atoms with Crippen molar-refractivity contribution in [1.82, 2.24) is 0 Å². The molecule has 0 amide bonds. The molecule has 0 aromatic carbocycles. The fourth-order valence-electron chi connectivity index (χ4n) is 0. The zero-order valence-electron chi connectivity index (χ0n) is 9.91. The van der Waals surface area contributed by atoms with Gasteiger partial charge in [0.15, 0.2) is 0 Å². The van der Waals surface area contributed by atoms with E-state index in [0.717, 1.165) is 0 Å². The van der Waals surface area contributed by atoms with Crippen molar-refractivity contribution in [3.63, 3.8) is 0 Å². The summed E-state index contributed by atoms with van der Waals surface area (Å²) in [4.78, 5) is 0. The molecule has 0 aliphatic rings. The summed E-state index contributed by atoms with van der Waals surface area (Å²) in [5.41, 5.74) is 0. The Morgan fingerprint density at radius 3 is 1.20 bits per heavy atom. The third-order valence-corrected chi connectivity index (χ3v) is 0. The van der Waals surface area contributed by atoms with Gasteiger partial charge in [-0.05, 0) is 0 Å². The van der Waals surface area contributed by atoms with Crippen LogP contribution >= 0.6 is 0 Å². The molecule has 0 aromatic heterocycles. The Balaban J connectivity index is 0. The molecular weight excluding hydrogens is 255 g/mol. The average molecular weight is 264 g/mol. The maximum atomic E-state index is 0. The van der Waals surface area contributed by atoms with Gasteiger partial charge in [0.2, 0.25) is 0 Å². The second-order valence-electron chi connectivity index (χ2n) is 0. The SMILES string of the molecule is O.[Ba+2].[Ca+2].[H-].[H-].[H-].[H-].[H-].[H-].[K+].[Na+]. The van der Waals surface area contributed by atoms with Gasteiger partial charge in [0.05, 0.1) is 0 Å². The Labute approximate surface area is 176 Å². The van der Waals surface area contributed by atoms with Crippen molar-refractivity contribution in [3.8, 4) is 0 Å². The summed E-state index contributed by atoms with van der Waals surface area (Å²) in [6.07, 6.45) is 0. The molecule has 5 heavy (non-hydrogen) atoms. The summed E-state index contributed by atoms with van der Waals surface area (Å²) in [6, 6.07) is 0. The Kier molecular flexibility index (Phi) is 143. The molecule has 0 heterocycles. The first kappa shape index (κ1) is 31.5. The quantitative estimate of drug-likeness (QED) is 0.389. The molecule has 0 bridgehead atoms.